The van der Waals surface area contributed by atoms with Crippen LogP contribution in [-0.2, 0) is 6.42 Å². The molecule has 0 unspecified atom stereocenters. The molecule has 0 atom stereocenters. The van der Waals surface area contributed by atoms with Crippen molar-refractivity contribution in [2.75, 3.05) is 11.9 Å². The van der Waals surface area contributed by atoms with E-state index < -0.39 is 0 Å². The van der Waals surface area contributed by atoms with E-state index >= 15 is 0 Å². The van der Waals surface area contributed by atoms with Crippen LogP contribution < -0.4 is 10.2 Å². The summed E-state index contributed by atoms with van der Waals surface area (Å²) in [5, 5.41) is 4.49. The summed E-state index contributed by atoms with van der Waals surface area (Å²) in [6, 6.07) is 15.1. The van der Waals surface area contributed by atoms with E-state index in [0.29, 0.717) is 10.0 Å². The number of urea groups is 1. The Bertz CT molecular complexity index is 729. The molecule has 1 fully saturated rings. The number of benzene rings is 2. The first kappa shape index (κ1) is 17.1. The van der Waals surface area contributed by atoms with Crippen LogP contribution in [0.5, 0.6) is 0 Å². The third-order valence-corrected chi connectivity index (χ3v) is 5.26. The average Bonchev–Trinajstić information content (AvgIpc) is 2.55. The van der Waals surface area contributed by atoms with Crippen LogP contribution in [0.15, 0.2) is 48.5 Å². The summed E-state index contributed by atoms with van der Waals surface area (Å²) in [4.78, 5) is 14.3. The minimum Gasteiger partial charge on any atom is -0.332 e. The van der Waals surface area contributed by atoms with Gasteiger partial charge < -0.3 is 5.32 Å². The summed E-state index contributed by atoms with van der Waals surface area (Å²) in [6.07, 6.45) is 3.75. The first-order valence-corrected chi connectivity index (χ1v) is 8.80. The van der Waals surface area contributed by atoms with Crippen LogP contribution in [0.2, 0.25) is 10.0 Å². The maximum absolute atomic E-state index is 12.6. The number of amides is 2. The summed E-state index contributed by atoms with van der Waals surface area (Å²) >= 11 is 12.3. The molecule has 0 saturated heterocycles. The number of rotatable bonds is 4. The van der Waals surface area contributed by atoms with Crippen LogP contribution in [-0.4, -0.2) is 18.6 Å². The lowest BCUT2D eigenvalue weighted by Crippen LogP contribution is -2.58. The summed E-state index contributed by atoms with van der Waals surface area (Å²) < 4.78 is 0. The van der Waals surface area contributed by atoms with Crippen LogP contribution in [0.1, 0.15) is 24.8 Å². The number of hydrogen-bond acceptors (Lipinski definition) is 1. The van der Waals surface area contributed by atoms with Gasteiger partial charge in [-0.05, 0) is 55.5 Å². The molecule has 1 saturated carbocycles. The van der Waals surface area contributed by atoms with E-state index in [9.17, 15) is 4.79 Å². The topological polar surface area (TPSA) is 32.3 Å². The monoisotopic (exact) mass is 362 g/mol. The molecule has 0 aromatic heterocycles. The van der Waals surface area contributed by atoms with Crippen LogP contribution in [0.3, 0.4) is 0 Å². The number of carbonyl (C=O) groups excluding carboxylic acids is 1. The highest BCUT2D eigenvalue weighted by molar-refractivity contribution is 6.35. The molecule has 1 aliphatic carbocycles. The molecule has 3 rings (SSSR count). The predicted molar refractivity (Wildman–Crippen MR) is 100 cm³/mol. The molecular formula is C19H20Cl2N2O. The second-order valence-electron chi connectivity index (χ2n) is 6.37. The van der Waals surface area contributed by atoms with Crippen LogP contribution in [0.25, 0.3) is 0 Å². The normalized spacial score (nSPS) is 15.5. The highest BCUT2D eigenvalue weighted by Crippen LogP contribution is 2.37. The van der Waals surface area contributed by atoms with E-state index in [4.69, 9.17) is 23.2 Å². The molecular weight excluding hydrogens is 343 g/mol. The summed E-state index contributed by atoms with van der Waals surface area (Å²) in [7, 11) is 1.78. The van der Waals surface area contributed by atoms with Gasteiger partial charge in [0, 0.05) is 28.3 Å². The Labute approximate surface area is 152 Å². The zero-order valence-electron chi connectivity index (χ0n) is 13.6. The Kier molecular flexibility index (Phi) is 5.02. The van der Waals surface area contributed by atoms with Gasteiger partial charge in [-0.15, -0.1) is 0 Å². The van der Waals surface area contributed by atoms with E-state index in [2.05, 4.69) is 5.32 Å². The largest absolute Gasteiger partial charge is 0.332 e. The van der Waals surface area contributed by atoms with E-state index in [1.54, 1.807) is 18.0 Å². The van der Waals surface area contributed by atoms with Gasteiger partial charge >= 0.3 is 6.03 Å². The quantitative estimate of drug-likeness (QED) is 0.785. The van der Waals surface area contributed by atoms with Crippen molar-refractivity contribution in [3.8, 4) is 0 Å². The maximum Gasteiger partial charge on any atom is 0.322 e. The van der Waals surface area contributed by atoms with E-state index in [1.165, 1.54) is 0 Å². The van der Waals surface area contributed by atoms with Gasteiger partial charge in [0.2, 0.25) is 0 Å². The van der Waals surface area contributed by atoms with E-state index in [-0.39, 0.29) is 11.6 Å². The molecule has 0 heterocycles. The second-order valence-corrected chi connectivity index (χ2v) is 7.21. The highest BCUT2D eigenvalue weighted by Gasteiger charge is 2.39. The van der Waals surface area contributed by atoms with Crippen LogP contribution >= 0.6 is 23.2 Å². The number of carbonyl (C=O) groups is 1. The van der Waals surface area contributed by atoms with Gasteiger partial charge in [-0.2, -0.15) is 0 Å². The van der Waals surface area contributed by atoms with Gasteiger partial charge in [-0.3, -0.25) is 4.90 Å². The summed E-state index contributed by atoms with van der Waals surface area (Å²) in [5.74, 6) is 0. The van der Waals surface area contributed by atoms with Crippen molar-refractivity contribution >= 4 is 34.9 Å². The highest BCUT2D eigenvalue weighted by atomic mass is 35.5. The first-order chi connectivity index (χ1) is 11.5. The molecule has 126 valence electrons. The summed E-state index contributed by atoms with van der Waals surface area (Å²) in [5.41, 5.74) is 1.66. The Morgan fingerprint density at radius 1 is 1.17 bits per heavy atom. The Morgan fingerprint density at radius 3 is 2.46 bits per heavy atom. The molecule has 0 bridgehead atoms. The lowest BCUT2D eigenvalue weighted by atomic mass is 9.73. The fraction of sp³-hybridized carbons (Fsp3) is 0.316. The van der Waals surface area contributed by atoms with Gasteiger partial charge in [0.25, 0.3) is 0 Å². The lowest BCUT2D eigenvalue weighted by molar-refractivity contribution is 0.180. The van der Waals surface area contributed by atoms with E-state index in [0.717, 1.165) is 36.9 Å². The number of halogens is 2. The summed E-state index contributed by atoms with van der Waals surface area (Å²) in [6.45, 7) is 0. The third kappa shape index (κ3) is 3.68. The molecule has 2 aromatic rings. The van der Waals surface area contributed by atoms with E-state index in [1.807, 2.05) is 42.5 Å². The molecule has 5 heteroatoms. The minimum atomic E-state index is -0.225. The zero-order chi connectivity index (χ0) is 17.2. The number of hydrogen-bond donors (Lipinski definition) is 1. The van der Waals surface area contributed by atoms with Crippen molar-refractivity contribution in [1.29, 1.82) is 0 Å². The van der Waals surface area contributed by atoms with Crippen molar-refractivity contribution in [2.24, 2.45) is 0 Å². The van der Waals surface area contributed by atoms with Gasteiger partial charge in [0.05, 0.1) is 0 Å². The Balaban J connectivity index is 1.72. The SMILES string of the molecule is CN(C(=O)NC1(Cc2ccc(Cl)cc2Cl)CCC1)c1ccccc1. The van der Waals surface area contributed by atoms with Gasteiger partial charge in [0.1, 0.15) is 0 Å². The molecule has 2 aromatic carbocycles. The van der Waals surface area contributed by atoms with Crippen molar-refractivity contribution in [3.05, 3.63) is 64.1 Å². The van der Waals surface area contributed by atoms with Crippen molar-refractivity contribution < 1.29 is 4.79 Å². The zero-order valence-corrected chi connectivity index (χ0v) is 15.1. The van der Waals surface area contributed by atoms with Crippen molar-refractivity contribution in [3.63, 3.8) is 0 Å². The minimum absolute atomic E-state index is 0.0917. The third-order valence-electron chi connectivity index (χ3n) is 4.67. The molecule has 2 amide bonds. The molecule has 0 aliphatic heterocycles. The van der Waals surface area contributed by atoms with Crippen LogP contribution in [0, 0.1) is 0 Å². The fourth-order valence-electron chi connectivity index (χ4n) is 3.06. The lowest BCUT2D eigenvalue weighted by Gasteiger charge is -2.43. The van der Waals surface area contributed by atoms with Crippen molar-refractivity contribution in [1.82, 2.24) is 5.32 Å². The molecule has 1 aliphatic rings. The maximum atomic E-state index is 12.6. The standard InChI is InChI=1S/C19H20Cl2N2O/c1-23(16-6-3-2-4-7-16)18(24)22-19(10-5-11-19)13-14-8-9-15(20)12-17(14)21/h2-4,6-9,12H,5,10-11,13H2,1H3,(H,22,24). The van der Waals surface area contributed by atoms with Gasteiger partial charge in [0.15, 0.2) is 0 Å². The average molecular weight is 363 g/mol. The van der Waals surface area contributed by atoms with Gasteiger partial charge in [-0.1, -0.05) is 47.5 Å². The number of nitrogens with one attached hydrogen (secondary N) is 1. The first-order valence-electron chi connectivity index (χ1n) is 8.04. The second kappa shape index (κ2) is 7.04. The molecule has 3 nitrogen and oxygen atoms in total. The Morgan fingerprint density at radius 2 is 1.88 bits per heavy atom. The molecule has 1 N–H and O–H groups in total. The number of anilines is 1. The molecule has 0 spiro atoms. The number of para-hydroxylation sites is 1. The van der Waals surface area contributed by atoms with Gasteiger partial charge in [-0.25, -0.2) is 4.79 Å². The fourth-order valence-corrected chi connectivity index (χ4v) is 3.53. The Hall–Kier alpha value is -1.71. The molecule has 24 heavy (non-hydrogen) atoms. The predicted octanol–water partition coefficient (Wildman–Crippen LogP) is 5.30. The number of nitrogens with zero attached hydrogens (tertiary/aromatic N) is 1. The molecule has 0 radical (unpaired) electrons. The van der Waals surface area contributed by atoms with Crippen molar-refractivity contribution in [2.45, 2.75) is 31.2 Å². The smallest absolute Gasteiger partial charge is 0.322 e. The van der Waals surface area contributed by atoms with Crippen LogP contribution in [0.4, 0.5) is 10.5 Å².